The largest absolute Gasteiger partial charge is 0.377 e. The molecule has 0 atom stereocenters. The van der Waals surface area contributed by atoms with Gasteiger partial charge in [0.15, 0.2) is 0 Å². The van der Waals surface area contributed by atoms with Crippen LogP contribution in [0.3, 0.4) is 0 Å². The lowest BCUT2D eigenvalue weighted by Gasteiger charge is -2.12. The maximum absolute atomic E-state index is 12.6. The summed E-state index contributed by atoms with van der Waals surface area (Å²) in [7, 11) is 1.47. The molecule has 0 fully saturated rings. The molecule has 28 heavy (non-hydrogen) atoms. The Hall–Kier alpha value is -3.37. The molecule has 9 nitrogen and oxygen atoms in total. The molecule has 1 aliphatic heterocycles. The Morgan fingerprint density at radius 1 is 1.18 bits per heavy atom. The average molecular weight is 399 g/mol. The van der Waals surface area contributed by atoms with Crippen molar-refractivity contribution < 1.29 is 24.0 Å². The van der Waals surface area contributed by atoms with Gasteiger partial charge < -0.3 is 14.6 Å². The summed E-state index contributed by atoms with van der Waals surface area (Å²) in [6, 6.07) is 6.19. The van der Waals surface area contributed by atoms with Crippen molar-refractivity contribution in [3.63, 3.8) is 0 Å². The number of hydroxylamine groups is 2. The highest BCUT2D eigenvalue weighted by atomic mass is 32.1. The lowest BCUT2D eigenvalue weighted by Crippen LogP contribution is -2.32. The molecule has 0 saturated carbocycles. The fourth-order valence-corrected chi connectivity index (χ4v) is 4.04. The third-order valence-corrected chi connectivity index (χ3v) is 5.41. The number of benzene rings is 1. The first-order valence-electron chi connectivity index (χ1n) is 8.13. The second kappa shape index (κ2) is 6.66. The summed E-state index contributed by atoms with van der Waals surface area (Å²) in [6.45, 7) is 1.68. The zero-order valence-electron chi connectivity index (χ0n) is 14.8. The Bertz CT molecular complexity index is 1180. The van der Waals surface area contributed by atoms with Gasteiger partial charge in [-0.2, -0.15) is 0 Å². The van der Waals surface area contributed by atoms with E-state index in [1.165, 1.54) is 19.2 Å². The summed E-state index contributed by atoms with van der Waals surface area (Å²) in [5.41, 5.74) is 0.274. The lowest BCUT2D eigenvalue weighted by molar-refractivity contribution is -0.0581. The van der Waals surface area contributed by atoms with Gasteiger partial charge in [-0.1, -0.05) is 17.2 Å². The van der Waals surface area contributed by atoms with Crippen molar-refractivity contribution in [3.05, 3.63) is 62.0 Å². The molecule has 1 aliphatic rings. The lowest BCUT2D eigenvalue weighted by atomic mass is 10.1. The van der Waals surface area contributed by atoms with Crippen LogP contribution < -0.4 is 5.56 Å². The molecule has 0 radical (unpaired) electrons. The topological polar surface area (TPSA) is 119 Å². The Morgan fingerprint density at radius 2 is 1.82 bits per heavy atom. The maximum Gasteiger partial charge on any atom is 0.374 e. The third-order valence-electron chi connectivity index (χ3n) is 4.25. The van der Waals surface area contributed by atoms with E-state index in [2.05, 4.69) is 9.97 Å². The number of ether oxygens (including phenoxy) is 1. The zero-order chi connectivity index (χ0) is 20.0. The van der Waals surface area contributed by atoms with Crippen LogP contribution >= 0.6 is 11.3 Å². The van der Waals surface area contributed by atoms with Crippen molar-refractivity contribution in [1.82, 2.24) is 15.0 Å². The molecule has 4 rings (SSSR count). The van der Waals surface area contributed by atoms with Crippen molar-refractivity contribution in [1.29, 1.82) is 0 Å². The van der Waals surface area contributed by atoms with Crippen LogP contribution in [0.15, 0.2) is 29.1 Å². The van der Waals surface area contributed by atoms with Gasteiger partial charge in [0.1, 0.15) is 22.1 Å². The number of nitrogens with one attached hydrogen (secondary N) is 1. The molecule has 142 valence electrons. The number of nitrogens with zero attached hydrogens (tertiary/aromatic N) is 2. The summed E-state index contributed by atoms with van der Waals surface area (Å²) in [6.07, 6.45) is 0. The van der Waals surface area contributed by atoms with Crippen molar-refractivity contribution >= 4 is 39.3 Å². The number of fused-ring (bicyclic) bond motifs is 2. The molecule has 0 bridgehead atoms. The highest BCUT2D eigenvalue weighted by molar-refractivity contribution is 7.20. The van der Waals surface area contributed by atoms with E-state index in [4.69, 9.17) is 9.57 Å². The highest BCUT2D eigenvalue weighted by Crippen LogP contribution is 2.29. The average Bonchev–Trinajstić information content (AvgIpc) is 3.13. The van der Waals surface area contributed by atoms with E-state index in [9.17, 15) is 19.2 Å². The number of imide groups is 1. The van der Waals surface area contributed by atoms with E-state index in [1.807, 2.05) is 0 Å². The van der Waals surface area contributed by atoms with Gasteiger partial charge in [0.05, 0.1) is 16.5 Å². The standard InChI is InChI=1S/C18H13N3O6S/c1-8-12-14(22)19-11(7-26-2)20-15(12)28-13(8)18(25)27-21-16(23)9-5-3-4-6-10(9)17(21)24/h3-6H,7H2,1-2H3,(H,19,20,22). The number of aryl methyl sites for hydroxylation is 1. The van der Waals surface area contributed by atoms with E-state index < -0.39 is 23.3 Å². The maximum atomic E-state index is 12.6. The van der Waals surface area contributed by atoms with Crippen LogP contribution in [-0.4, -0.2) is 39.9 Å². The second-order valence-corrected chi connectivity index (χ2v) is 7.01. The van der Waals surface area contributed by atoms with Gasteiger partial charge in [-0.25, -0.2) is 9.78 Å². The number of methoxy groups -OCH3 is 1. The molecule has 0 saturated heterocycles. The molecule has 3 aromatic rings. The Balaban J connectivity index is 1.68. The highest BCUT2D eigenvalue weighted by Gasteiger charge is 2.39. The van der Waals surface area contributed by atoms with Crippen LogP contribution in [-0.2, 0) is 16.2 Å². The van der Waals surface area contributed by atoms with Gasteiger partial charge in [0.25, 0.3) is 17.4 Å². The van der Waals surface area contributed by atoms with Gasteiger partial charge in [-0.05, 0) is 24.6 Å². The minimum atomic E-state index is -0.914. The number of H-pyrrole nitrogens is 1. The number of carbonyl (C=O) groups is 3. The molecule has 1 N–H and O–H groups in total. The van der Waals surface area contributed by atoms with Crippen LogP contribution in [0.5, 0.6) is 0 Å². The molecule has 1 aromatic carbocycles. The summed E-state index contributed by atoms with van der Waals surface area (Å²) in [5.74, 6) is -2.03. The predicted octanol–water partition coefficient (Wildman–Crippen LogP) is 1.81. The summed E-state index contributed by atoms with van der Waals surface area (Å²) in [5, 5.41) is 0.685. The smallest absolute Gasteiger partial charge is 0.374 e. The number of aromatic nitrogens is 2. The Morgan fingerprint density at radius 3 is 2.43 bits per heavy atom. The van der Waals surface area contributed by atoms with Gasteiger partial charge in [-0.3, -0.25) is 14.4 Å². The zero-order valence-corrected chi connectivity index (χ0v) is 15.6. The molecular formula is C18H13N3O6S. The molecule has 10 heteroatoms. The molecule has 0 aliphatic carbocycles. The van der Waals surface area contributed by atoms with E-state index in [0.717, 1.165) is 11.3 Å². The van der Waals surface area contributed by atoms with Crippen molar-refractivity contribution in [2.75, 3.05) is 7.11 Å². The second-order valence-electron chi connectivity index (χ2n) is 6.01. The third kappa shape index (κ3) is 2.70. The first-order chi connectivity index (χ1) is 13.4. The van der Waals surface area contributed by atoms with Gasteiger partial charge in [0, 0.05) is 7.11 Å². The van der Waals surface area contributed by atoms with E-state index in [-0.39, 0.29) is 28.0 Å². The van der Waals surface area contributed by atoms with Gasteiger partial charge in [0.2, 0.25) is 0 Å². The van der Waals surface area contributed by atoms with Gasteiger partial charge >= 0.3 is 5.97 Å². The summed E-state index contributed by atoms with van der Waals surface area (Å²) in [4.78, 5) is 62.0. The predicted molar refractivity (Wildman–Crippen MR) is 98.0 cm³/mol. The minimum Gasteiger partial charge on any atom is -0.377 e. The van der Waals surface area contributed by atoms with Crippen LogP contribution in [0.2, 0.25) is 0 Å². The number of hydrogen-bond acceptors (Lipinski definition) is 8. The first kappa shape index (κ1) is 18.0. The Labute approximate surface area is 161 Å². The van der Waals surface area contributed by atoms with E-state index in [1.54, 1.807) is 19.1 Å². The van der Waals surface area contributed by atoms with Gasteiger partial charge in [-0.15, -0.1) is 11.3 Å². The minimum absolute atomic E-state index is 0.0825. The van der Waals surface area contributed by atoms with E-state index >= 15 is 0 Å². The van der Waals surface area contributed by atoms with Crippen molar-refractivity contribution in [3.8, 4) is 0 Å². The SMILES string of the molecule is COCc1nc2sc(C(=O)ON3C(=O)c4ccccc4C3=O)c(C)c2c(=O)[nH]1. The summed E-state index contributed by atoms with van der Waals surface area (Å²) >= 11 is 0.945. The first-order valence-corrected chi connectivity index (χ1v) is 8.95. The molecule has 3 heterocycles. The molecule has 2 aromatic heterocycles. The summed E-state index contributed by atoms with van der Waals surface area (Å²) < 4.78 is 4.96. The molecular weight excluding hydrogens is 386 g/mol. The fourth-order valence-electron chi connectivity index (χ4n) is 2.96. The van der Waals surface area contributed by atoms with Crippen molar-refractivity contribution in [2.45, 2.75) is 13.5 Å². The number of carbonyl (C=O) groups excluding carboxylic acids is 3. The molecule has 0 spiro atoms. The monoisotopic (exact) mass is 399 g/mol. The quantitative estimate of drug-likeness (QED) is 0.665. The number of thiophene rings is 1. The van der Waals surface area contributed by atoms with Crippen LogP contribution in [0.4, 0.5) is 0 Å². The Kier molecular flexibility index (Phi) is 4.28. The van der Waals surface area contributed by atoms with Crippen LogP contribution in [0.1, 0.15) is 41.8 Å². The van der Waals surface area contributed by atoms with Crippen LogP contribution in [0, 0.1) is 6.92 Å². The number of amides is 2. The number of hydrogen-bond donors (Lipinski definition) is 1. The van der Waals surface area contributed by atoms with Crippen LogP contribution in [0.25, 0.3) is 10.2 Å². The fraction of sp³-hybridized carbons (Fsp3) is 0.167. The number of aromatic amines is 1. The number of rotatable bonds is 4. The van der Waals surface area contributed by atoms with E-state index in [0.29, 0.717) is 21.3 Å². The normalized spacial score (nSPS) is 13.3. The van der Waals surface area contributed by atoms with Crippen molar-refractivity contribution in [2.24, 2.45) is 0 Å². The molecule has 2 amide bonds. The molecule has 0 unspecified atom stereocenters.